The Hall–Kier alpha value is -2.70. The van der Waals surface area contributed by atoms with Crippen molar-refractivity contribution in [3.63, 3.8) is 0 Å². The topological polar surface area (TPSA) is 47.6 Å². The molecule has 0 saturated carbocycles. The van der Waals surface area contributed by atoms with Gasteiger partial charge in [-0.2, -0.15) is 10.5 Å². The zero-order valence-corrected chi connectivity index (χ0v) is 16.5. The van der Waals surface area contributed by atoms with Crippen LogP contribution in [0.2, 0.25) is 0 Å². The molecule has 3 aromatic rings. The molecule has 3 rings (SSSR count). The van der Waals surface area contributed by atoms with Crippen molar-refractivity contribution in [3.05, 3.63) is 76.0 Å². The summed E-state index contributed by atoms with van der Waals surface area (Å²) >= 11 is 5.24. The first-order valence-electron chi connectivity index (χ1n) is 7.75. The van der Waals surface area contributed by atoms with Gasteiger partial charge in [0.2, 0.25) is 0 Å². The molecule has 0 aliphatic carbocycles. The van der Waals surface area contributed by atoms with Crippen molar-refractivity contribution < 1.29 is 0 Å². The van der Waals surface area contributed by atoms with Gasteiger partial charge in [0.05, 0.1) is 17.7 Å². The molecule has 0 spiro atoms. The minimum atomic E-state index is 0.327. The third-order valence-electron chi connectivity index (χ3n) is 3.49. The van der Waals surface area contributed by atoms with Crippen LogP contribution >= 0.6 is 34.0 Å². The van der Waals surface area contributed by atoms with Crippen LogP contribution in [0.15, 0.2) is 66.3 Å². The molecular formula is C21H14N2S3. The molecule has 3 heterocycles. The monoisotopic (exact) mass is 390 g/mol. The average Bonchev–Trinajstić information content (AvgIpc) is 3.38. The molecule has 0 fully saturated rings. The Morgan fingerprint density at radius 3 is 2.08 bits per heavy atom. The Morgan fingerprint density at radius 2 is 1.46 bits per heavy atom. The number of nitriles is 2. The van der Waals surface area contributed by atoms with Gasteiger partial charge >= 0.3 is 0 Å². The second kappa shape index (κ2) is 8.12. The maximum absolute atomic E-state index is 9.25. The van der Waals surface area contributed by atoms with Crippen LogP contribution in [0, 0.1) is 29.6 Å². The molecule has 0 radical (unpaired) electrons. The van der Waals surface area contributed by atoms with E-state index < -0.39 is 0 Å². The number of thiophene rings is 3. The highest BCUT2D eigenvalue weighted by molar-refractivity contribution is 7.26. The Morgan fingerprint density at radius 1 is 0.846 bits per heavy atom. The van der Waals surface area contributed by atoms with E-state index in [1.807, 2.05) is 18.2 Å². The van der Waals surface area contributed by atoms with Crippen LogP contribution in [0.25, 0.3) is 25.6 Å². The Labute approximate surface area is 164 Å². The van der Waals surface area contributed by atoms with Crippen LogP contribution < -0.4 is 0 Å². The van der Waals surface area contributed by atoms with Crippen LogP contribution in [-0.2, 0) is 0 Å². The van der Waals surface area contributed by atoms with E-state index in [2.05, 4.69) is 49.9 Å². The van der Waals surface area contributed by atoms with E-state index in [4.69, 9.17) is 5.26 Å². The maximum Gasteiger partial charge on any atom is 0.0992 e. The standard InChI is InChI=1S/C21H14N2S3/c1-14(12-22)3-5-16(13-23)11-17-6-8-19(25-17)21-10-9-20(26-21)18-7-4-15(2)24-18/h3-11H,1H2,2H3/b5-3+,16-11-. The third-order valence-corrected chi connectivity index (χ3v) is 7.00. The molecule has 5 heteroatoms. The molecule has 0 saturated heterocycles. The van der Waals surface area contributed by atoms with E-state index in [0.717, 1.165) is 4.88 Å². The van der Waals surface area contributed by atoms with Gasteiger partial charge in [0, 0.05) is 34.8 Å². The minimum Gasteiger partial charge on any atom is -0.192 e. The van der Waals surface area contributed by atoms with Gasteiger partial charge in [-0.3, -0.25) is 0 Å². The van der Waals surface area contributed by atoms with Gasteiger partial charge in [0.1, 0.15) is 0 Å². The van der Waals surface area contributed by atoms with Crippen LogP contribution in [0.1, 0.15) is 9.75 Å². The lowest BCUT2D eigenvalue weighted by Gasteiger charge is -1.91. The average molecular weight is 391 g/mol. The first-order valence-corrected chi connectivity index (χ1v) is 10.2. The highest BCUT2D eigenvalue weighted by Crippen LogP contribution is 2.40. The fraction of sp³-hybridized carbons (Fsp3) is 0.0476. The summed E-state index contributed by atoms with van der Waals surface area (Å²) in [5.41, 5.74) is 0.823. The van der Waals surface area contributed by atoms with Crippen LogP contribution in [0.4, 0.5) is 0 Å². The van der Waals surface area contributed by atoms with Gasteiger partial charge in [-0.05, 0) is 61.5 Å². The second-order valence-corrected chi connectivity index (χ2v) is 8.95. The molecule has 2 nitrogen and oxygen atoms in total. The van der Waals surface area contributed by atoms with Gasteiger partial charge < -0.3 is 0 Å². The maximum atomic E-state index is 9.25. The summed E-state index contributed by atoms with van der Waals surface area (Å²) in [7, 11) is 0. The van der Waals surface area contributed by atoms with E-state index in [1.165, 1.54) is 24.4 Å². The van der Waals surface area contributed by atoms with Gasteiger partial charge in [0.15, 0.2) is 0 Å². The zero-order valence-electron chi connectivity index (χ0n) is 14.0. The van der Waals surface area contributed by atoms with Crippen molar-refractivity contribution in [1.82, 2.24) is 0 Å². The van der Waals surface area contributed by atoms with Crippen molar-refractivity contribution in [3.8, 4) is 31.6 Å². The Bertz CT molecular complexity index is 1090. The molecule has 3 aromatic heterocycles. The third kappa shape index (κ3) is 4.28. The van der Waals surface area contributed by atoms with Crippen LogP contribution in [0.5, 0.6) is 0 Å². The van der Waals surface area contributed by atoms with E-state index in [9.17, 15) is 5.26 Å². The summed E-state index contributed by atoms with van der Waals surface area (Å²) in [6.45, 7) is 5.70. The first-order chi connectivity index (χ1) is 12.6. The number of aryl methyl sites for hydroxylation is 1. The number of allylic oxidation sites excluding steroid dienone is 4. The molecule has 0 aromatic carbocycles. The summed E-state index contributed by atoms with van der Waals surface area (Å²) in [6.07, 6.45) is 5.00. The minimum absolute atomic E-state index is 0.327. The van der Waals surface area contributed by atoms with Crippen molar-refractivity contribution in [2.75, 3.05) is 0 Å². The number of rotatable bonds is 5. The van der Waals surface area contributed by atoms with Gasteiger partial charge in [-0.15, -0.1) is 34.0 Å². The number of hydrogen-bond acceptors (Lipinski definition) is 5. The SMILES string of the molecule is C=C(C#N)/C=C/C(C#N)=C/c1ccc(-c2ccc(-c3ccc(C)s3)s2)s1. The molecule has 0 unspecified atom stereocenters. The molecule has 0 N–H and O–H groups in total. The molecule has 126 valence electrons. The fourth-order valence-electron chi connectivity index (χ4n) is 2.23. The quantitative estimate of drug-likeness (QED) is 0.346. The van der Waals surface area contributed by atoms with Crippen molar-refractivity contribution in [2.24, 2.45) is 0 Å². The summed E-state index contributed by atoms with van der Waals surface area (Å²) in [6, 6.07) is 16.8. The molecule has 0 aliphatic heterocycles. The lowest BCUT2D eigenvalue weighted by Crippen LogP contribution is -1.72. The smallest absolute Gasteiger partial charge is 0.0992 e. The predicted octanol–water partition coefficient (Wildman–Crippen LogP) is 7.06. The molecule has 26 heavy (non-hydrogen) atoms. The lowest BCUT2D eigenvalue weighted by atomic mass is 10.2. The van der Waals surface area contributed by atoms with Crippen molar-refractivity contribution in [1.29, 1.82) is 10.5 Å². The lowest BCUT2D eigenvalue weighted by molar-refractivity contribution is 1.49. The highest BCUT2D eigenvalue weighted by Gasteiger charge is 2.08. The van der Waals surface area contributed by atoms with Gasteiger partial charge in [-0.25, -0.2) is 0 Å². The van der Waals surface area contributed by atoms with Crippen LogP contribution in [-0.4, -0.2) is 0 Å². The summed E-state index contributed by atoms with van der Waals surface area (Å²) in [4.78, 5) is 7.30. The number of hydrogen-bond donors (Lipinski definition) is 0. The molecule has 0 aliphatic rings. The zero-order chi connectivity index (χ0) is 18.5. The molecule has 0 amide bonds. The van der Waals surface area contributed by atoms with E-state index in [0.29, 0.717) is 11.1 Å². The van der Waals surface area contributed by atoms with Crippen LogP contribution in [0.3, 0.4) is 0 Å². The van der Waals surface area contributed by atoms with Gasteiger partial charge in [-0.1, -0.05) is 6.58 Å². The normalized spacial score (nSPS) is 11.4. The number of nitrogens with zero attached hydrogens (tertiary/aromatic N) is 2. The fourth-order valence-corrected chi connectivity index (χ4v) is 5.25. The van der Waals surface area contributed by atoms with E-state index in [1.54, 1.807) is 46.2 Å². The van der Waals surface area contributed by atoms with Crippen molar-refractivity contribution >= 4 is 40.1 Å². The molecule has 0 atom stereocenters. The second-order valence-electron chi connectivity index (χ2n) is 5.46. The predicted molar refractivity (Wildman–Crippen MR) is 113 cm³/mol. The molecular weight excluding hydrogens is 376 g/mol. The Balaban J connectivity index is 1.82. The first kappa shape index (κ1) is 18.1. The van der Waals surface area contributed by atoms with Gasteiger partial charge in [0.25, 0.3) is 0 Å². The molecule has 0 bridgehead atoms. The van der Waals surface area contributed by atoms with E-state index in [-0.39, 0.29) is 0 Å². The summed E-state index contributed by atoms with van der Waals surface area (Å²) in [5.74, 6) is 0. The van der Waals surface area contributed by atoms with E-state index >= 15 is 0 Å². The summed E-state index contributed by atoms with van der Waals surface area (Å²) in [5, 5.41) is 18.0. The highest BCUT2D eigenvalue weighted by atomic mass is 32.1. The largest absolute Gasteiger partial charge is 0.192 e. The Kier molecular flexibility index (Phi) is 5.65. The summed E-state index contributed by atoms with van der Waals surface area (Å²) < 4.78 is 0. The van der Waals surface area contributed by atoms with Crippen molar-refractivity contribution in [2.45, 2.75) is 6.92 Å².